The second-order valence-electron chi connectivity index (χ2n) is 5.29. The molecule has 2 atom stereocenters. The van der Waals surface area contributed by atoms with E-state index in [1.807, 2.05) is 20.9 Å². The van der Waals surface area contributed by atoms with Gasteiger partial charge in [0.15, 0.2) is 17.7 Å². The molecule has 0 spiro atoms. The van der Waals surface area contributed by atoms with Crippen LogP contribution in [0.3, 0.4) is 0 Å². The van der Waals surface area contributed by atoms with E-state index in [0.29, 0.717) is 29.4 Å². The lowest BCUT2D eigenvalue weighted by atomic mass is 10.1. The molecule has 1 N–H and O–H groups in total. The van der Waals surface area contributed by atoms with Gasteiger partial charge in [0.25, 0.3) is 5.89 Å². The predicted molar refractivity (Wildman–Crippen MR) is 89.3 cm³/mol. The Bertz CT molecular complexity index is 645. The van der Waals surface area contributed by atoms with Gasteiger partial charge in [0.2, 0.25) is 0 Å². The van der Waals surface area contributed by atoms with E-state index in [0.717, 1.165) is 0 Å². The van der Waals surface area contributed by atoms with Gasteiger partial charge in [-0.05, 0) is 40.0 Å². The number of carbonyl (C=O) groups is 1. The van der Waals surface area contributed by atoms with Gasteiger partial charge >= 0.3 is 0 Å². The second-order valence-corrected chi connectivity index (χ2v) is 5.29. The fourth-order valence-electron chi connectivity index (χ4n) is 1.93. The van der Waals surface area contributed by atoms with E-state index in [2.05, 4.69) is 15.5 Å². The van der Waals surface area contributed by atoms with Gasteiger partial charge in [0.05, 0.1) is 0 Å². The number of ether oxygens (including phenoxy) is 1. The number of hydrogen-bond donors (Lipinski definition) is 1. The van der Waals surface area contributed by atoms with Crippen LogP contribution in [0.5, 0.6) is 5.75 Å². The average molecular weight is 340 g/mol. The Hall–Kier alpha value is -1.92. The normalized spacial score (nSPS) is 13.0. The number of ketones is 1. The molecule has 0 bridgehead atoms. The van der Waals surface area contributed by atoms with Crippen LogP contribution in [-0.2, 0) is 6.42 Å². The Balaban J connectivity index is 0.00000264. The highest BCUT2D eigenvalue weighted by Gasteiger charge is 2.17. The molecule has 1 aromatic carbocycles. The smallest absolute Gasteiger partial charge is 0.267 e. The third-order valence-electron chi connectivity index (χ3n) is 3.37. The van der Waals surface area contributed by atoms with Crippen LogP contribution >= 0.6 is 12.4 Å². The van der Waals surface area contributed by atoms with Gasteiger partial charge in [-0.3, -0.25) is 4.79 Å². The number of nitrogens with one attached hydrogen (secondary N) is 1. The van der Waals surface area contributed by atoms with Crippen LogP contribution < -0.4 is 10.1 Å². The molecule has 0 aliphatic heterocycles. The minimum Gasteiger partial charge on any atom is -0.481 e. The molecule has 1 heterocycles. The third-order valence-corrected chi connectivity index (χ3v) is 3.37. The van der Waals surface area contributed by atoms with Crippen molar-refractivity contribution in [2.24, 2.45) is 0 Å². The van der Waals surface area contributed by atoms with Crippen LogP contribution in [0.2, 0.25) is 0 Å². The van der Waals surface area contributed by atoms with Crippen LogP contribution in [0.15, 0.2) is 28.8 Å². The maximum atomic E-state index is 11.4. The molecular formula is C16H22ClN3O3. The lowest BCUT2D eigenvalue weighted by molar-refractivity contribution is 0.101. The van der Waals surface area contributed by atoms with Gasteiger partial charge in [0, 0.05) is 18.0 Å². The molecule has 0 radical (unpaired) electrons. The van der Waals surface area contributed by atoms with E-state index in [1.165, 1.54) is 6.92 Å². The number of carbonyl (C=O) groups excluding carboxylic acids is 1. The number of rotatable bonds is 7. The molecular weight excluding hydrogens is 318 g/mol. The SMILES string of the molecule is CNC(C)Cc1noc(C(C)Oc2cccc(C(C)=O)c2)n1.Cl. The Morgan fingerprint density at radius 2 is 2.13 bits per heavy atom. The van der Waals surface area contributed by atoms with Crippen molar-refractivity contribution in [3.05, 3.63) is 41.5 Å². The zero-order valence-electron chi connectivity index (χ0n) is 13.7. The minimum atomic E-state index is -0.381. The fourth-order valence-corrected chi connectivity index (χ4v) is 1.93. The molecule has 0 aliphatic carbocycles. The summed E-state index contributed by atoms with van der Waals surface area (Å²) in [6.07, 6.45) is 0.306. The number of likely N-dealkylation sites (N-methyl/N-ethyl adjacent to an activating group) is 1. The van der Waals surface area contributed by atoms with Crippen molar-refractivity contribution < 1.29 is 14.1 Å². The Kier molecular flexibility index (Phi) is 7.19. The van der Waals surface area contributed by atoms with Crippen molar-refractivity contribution >= 4 is 18.2 Å². The van der Waals surface area contributed by atoms with Crippen molar-refractivity contribution in [2.75, 3.05) is 7.05 Å². The summed E-state index contributed by atoms with van der Waals surface area (Å²) in [5.74, 6) is 1.67. The molecule has 0 saturated heterocycles. The van der Waals surface area contributed by atoms with Crippen molar-refractivity contribution in [1.82, 2.24) is 15.5 Å². The number of halogens is 1. The molecule has 7 heteroatoms. The topological polar surface area (TPSA) is 77.3 Å². The first-order chi connectivity index (χ1) is 10.5. The summed E-state index contributed by atoms with van der Waals surface area (Å²) in [6.45, 7) is 5.40. The van der Waals surface area contributed by atoms with E-state index in [1.54, 1.807) is 24.3 Å². The number of aromatic nitrogens is 2. The zero-order valence-corrected chi connectivity index (χ0v) is 14.5. The van der Waals surface area contributed by atoms with Crippen molar-refractivity contribution in [3.8, 4) is 5.75 Å². The van der Waals surface area contributed by atoms with Crippen LogP contribution in [0, 0.1) is 0 Å². The molecule has 2 rings (SSSR count). The summed E-state index contributed by atoms with van der Waals surface area (Å²) in [5, 5.41) is 7.08. The highest BCUT2D eigenvalue weighted by molar-refractivity contribution is 5.94. The van der Waals surface area contributed by atoms with Crippen molar-refractivity contribution in [1.29, 1.82) is 0 Å². The summed E-state index contributed by atoms with van der Waals surface area (Å²) >= 11 is 0. The third kappa shape index (κ3) is 5.33. The van der Waals surface area contributed by atoms with Crippen LogP contribution in [0.25, 0.3) is 0 Å². The quantitative estimate of drug-likeness (QED) is 0.781. The highest BCUT2D eigenvalue weighted by atomic mass is 35.5. The van der Waals surface area contributed by atoms with Gasteiger partial charge in [0.1, 0.15) is 5.75 Å². The fraction of sp³-hybridized carbons (Fsp3) is 0.438. The van der Waals surface area contributed by atoms with E-state index >= 15 is 0 Å². The zero-order chi connectivity index (χ0) is 16.1. The molecule has 1 aromatic heterocycles. The van der Waals surface area contributed by atoms with Crippen molar-refractivity contribution in [2.45, 2.75) is 39.3 Å². The minimum absolute atomic E-state index is 0. The molecule has 0 saturated carbocycles. The maximum Gasteiger partial charge on any atom is 0.267 e. The van der Waals surface area contributed by atoms with Gasteiger partial charge in [-0.2, -0.15) is 4.98 Å². The lowest BCUT2D eigenvalue weighted by Gasteiger charge is -2.11. The molecule has 0 aliphatic rings. The van der Waals surface area contributed by atoms with Gasteiger partial charge in [-0.1, -0.05) is 17.3 Å². The van der Waals surface area contributed by atoms with Gasteiger partial charge in [-0.25, -0.2) is 0 Å². The Labute approximate surface area is 142 Å². The standard InChI is InChI=1S/C16H21N3O3.ClH/c1-10(17-4)8-15-18-16(22-19-15)12(3)21-14-7-5-6-13(9-14)11(2)20;/h5-7,9-10,12,17H,8H2,1-4H3;1H. The predicted octanol–water partition coefficient (Wildman–Crippen LogP) is 2.98. The first kappa shape index (κ1) is 19.1. The van der Waals surface area contributed by atoms with E-state index in [-0.39, 0.29) is 30.3 Å². The first-order valence-corrected chi connectivity index (χ1v) is 7.27. The molecule has 2 unspecified atom stereocenters. The number of hydrogen-bond acceptors (Lipinski definition) is 6. The molecule has 0 amide bonds. The lowest BCUT2D eigenvalue weighted by Crippen LogP contribution is -2.24. The van der Waals surface area contributed by atoms with Crippen LogP contribution in [-0.4, -0.2) is 29.0 Å². The van der Waals surface area contributed by atoms with Gasteiger partial charge in [-0.15, -0.1) is 12.4 Å². The largest absolute Gasteiger partial charge is 0.481 e. The Morgan fingerprint density at radius 1 is 1.39 bits per heavy atom. The van der Waals surface area contributed by atoms with Gasteiger partial charge < -0.3 is 14.6 Å². The number of benzene rings is 1. The highest BCUT2D eigenvalue weighted by Crippen LogP contribution is 2.22. The van der Waals surface area contributed by atoms with E-state index < -0.39 is 0 Å². The van der Waals surface area contributed by atoms with Crippen molar-refractivity contribution in [3.63, 3.8) is 0 Å². The molecule has 6 nitrogen and oxygen atoms in total. The molecule has 126 valence electrons. The number of nitrogens with zero attached hydrogens (tertiary/aromatic N) is 2. The summed E-state index contributed by atoms with van der Waals surface area (Å²) < 4.78 is 11.0. The van der Waals surface area contributed by atoms with E-state index in [4.69, 9.17) is 9.26 Å². The van der Waals surface area contributed by atoms with Crippen LogP contribution in [0.4, 0.5) is 0 Å². The molecule has 0 fully saturated rings. The maximum absolute atomic E-state index is 11.4. The summed E-state index contributed by atoms with van der Waals surface area (Å²) in [5.41, 5.74) is 0.610. The Morgan fingerprint density at radius 3 is 2.78 bits per heavy atom. The first-order valence-electron chi connectivity index (χ1n) is 7.27. The molecule has 2 aromatic rings. The summed E-state index contributed by atoms with van der Waals surface area (Å²) in [6, 6.07) is 7.31. The monoisotopic (exact) mass is 339 g/mol. The summed E-state index contributed by atoms with van der Waals surface area (Å²) in [7, 11) is 1.89. The molecule has 23 heavy (non-hydrogen) atoms. The van der Waals surface area contributed by atoms with Crippen LogP contribution in [0.1, 0.15) is 48.9 Å². The van der Waals surface area contributed by atoms with E-state index in [9.17, 15) is 4.79 Å². The second kappa shape index (κ2) is 8.64. The average Bonchev–Trinajstić information content (AvgIpc) is 2.96. The summed E-state index contributed by atoms with van der Waals surface area (Å²) in [4.78, 5) is 15.7. The number of Topliss-reactive ketones (excluding diaryl/α,β-unsaturated/α-hetero) is 1.